The molecule has 0 atom stereocenters. The first-order valence-electron chi connectivity index (χ1n) is 4.38. The Labute approximate surface area is 83.3 Å². The zero-order valence-electron chi connectivity index (χ0n) is 8.19. The van der Waals surface area contributed by atoms with Gasteiger partial charge in [-0.2, -0.15) is 0 Å². The number of phenols is 1. The molecule has 0 amide bonds. The summed E-state index contributed by atoms with van der Waals surface area (Å²) in [5.41, 5.74) is 6.73. The van der Waals surface area contributed by atoms with Crippen molar-refractivity contribution in [3.8, 4) is 5.75 Å². The van der Waals surface area contributed by atoms with Crippen molar-refractivity contribution in [2.75, 3.05) is 26.1 Å². The van der Waals surface area contributed by atoms with Gasteiger partial charge in [0.15, 0.2) is 0 Å². The second kappa shape index (κ2) is 5.47. The maximum Gasteiger partial charge on any atom is 0.138 e. The molecule has 0 heterocycles. The van der Waals surface area contributed by atoms with E-state index in [2.05, 4.69) is 0 Å². The third kappa shape index (κ3) is 3.24. The van der Waals surface area contributed by atoms with E-state index >= 15 is 0 Å². The molecule has 0 saturated heterocycles. The minimum atomic E-state index is 0.0952. The lowest BCUT2D eigenvalue weighted by atomic mass is 10.2. The molecule has 1 rings (SSSR count). The monoisotopic (exact) mass is 197 g/mol. The fourth-order valence-electron chi connectivity index (χ4n) is 1.01. The SMILES string of the molecule is COCCOCc1ccc(N)c(O)c1. The van der Waals surface area contributed by atoms with Gasteiger partial charge in [0.1, 0.15) is 5.75 Å². The molecule has 78 valence electrons. The van der Waals surface area contributed by atoms with Crippen molar-refractivity contribution in [3.63, 3.8) is 0 Å². The first-order valence-corrected chi connectivity index (χ1v) is 4.38. The first kappa shape index (κ1) is 10.8. The Kier molecular flexibility index (Phi) is 4.22. The Morgan fingerprint density at radius 2 is 2.14 bits per heavy atom. The molecule has 0 aliphatic rings. The van der Waals surface area contributed by atoms with E-state index in [1.54, 1.807) is 19.2 Å². The van der Waals surface area contributed by atoms with Gasteiger partial charge < -0.3 is 20.3 Å². The number of ether oxygens (including phenoxy) is 2. The van der Waals surface area contributed by atoms with E-state index < -0.39 is 0 Å². The van der Waals surface area contributed by atoms with E-state index in [0.29, 0.717) is 25.5 Å². The van der Waals surface area contributed by atoms with Crippen LogP contribution in [0.5, 0.6) is 5.75 Å². The number of aromatic hydroxyl groups is 1. The summed E-state index contributed by atoms with van der Waals surface area (Å²) < 4.78 is 10.1. The van der Waals surface area contributed by atoms with Crippen LogP contribution in [0.3, 0.4) is 0 Å². The molecule has 1 aromatic rings. The summed E-state index contributed by atoms with van der Waals surface area (Å²) in [5, 5.41) is 9.30. The molecular formula is C10H15NO3. The molecule has 4 nitrogen and oxygen atoms in total. The van der Waals surface area contributed by atoms with Gasteiger partial charge in [-0.25, -0.2) is 0 Å². The number of hydrogen-bond donors (Lipinski definition) is 2. The van der Waals surface area contributed by atoms with Crippen LogP contribution < -0.4 is 5.73 Å². The zero-order valence-corrected chi connectivity index (χ0v) is 8.19. The van der Waals surface area contributed by atoms with E-state index in [1.807, 2.05) is 6.07 Å². The van der Waals surface area contributed by atoms with Crippen molar-refractivity contribution in [2.45, 2.75) is 6.61 Å². The number of benzene rings is 1. The summed E-state index contributed by atoms with van der Waals surface area (Å²) in [7, 11) is 1.62. The van der Waals surface area contributed by atoms with Crippen molar-refractivity contribution in [3.05, 3.63) is 23.8 Å². The molecule has 0 aliphatic carbocycles. The number of anilines is 1. The molecule has 0 radical (unpaired) electrons. The molecule has 1 aromatic carbocycles. The van der Waals surface area contributed by atoms with E-state index in [1.165, 1.54) is 0 Å². The molecular weight excluding hydrogens is 182 g/mol. The van der Waals surface area contributed by atoms with Crippen LogP contribution in [0.15, 0.2) is 18.2 Å². The highest BCUT2D eigenvalue weighted by Crippen LogP contribution is 2.20. The van der Waals surface area contributed by atoms with Crippen molar-refractivity contribution in [2.24, 2.45) is 0 Å². The molecule has 0 aromatic heterocycles. The van der Waals surface area contributed by atoms with E-state index in [4.69, 9.17) is 15.2 Å². The number of rotatable bonds is 5. The largest absolute Gasteiger partial charge is 0.506 e. The van der Waals surface area contributed by atoms with E-state index in [0.717, 1.165) is 5.56 Å². The van der Waals surface area contributed by atoms with Gasteiger partial charge in [-0.3, -0.25) is 0 Å². The number of hydrogen-bond acceptors (Lipinski definition) is 4. The van der Waals surface area contributed by atoms with Crippen LogP contribution >= 0.6 is 0 Å². The summed E-state index contributed by atoms with van der Waals surface area (Å²) in [6.45, 7) is 1.57. The average Bonchev–Trinajstić information content (AvgIpc) is 2.18. The van der Waals surface area contributed by atoms with Gasteiger partial charge in [-0.15, -0.1) is 0 Å². The molecule has 0 spiro atoms. The minimum absolute atomic E-state index is 0.0952. The van der Waals surface area contributed by atoms with Gasteiger partial charge in [0.2, 0.25) is 0 Å². The smallest absolute Gasteiger partial charge is 0.138 e. The maximum atomic E-state index is 9.30. The Balaban J connectivity index is 2.39. The summed E-state index contributed by atoms with van der Waals surface area (Å²) in [6.07, 6.45) is 0. The number of methoxy groups -OCH3 is 1. The normalized spacial score (nSPS) is 10.4. The highest BCUT2D eigenvalue weighted by Gasteiger charge is 1.98. The lowest BCUT2D eigenvalue weighted by Crippen LogP contribution is -2.01. The van der Waals surface area contributed by atoms with Crippen molar-refractivity contribution in [1.29, 1.82) is 0 Å². The van der Waals surface area contributed by atoms with Gasteiger partial charge in [0.25, 0.3) is 0 Å². The molecule has 0 aliphatic heterocycles. The minimum Gasteiger partial charge on any atom is -0.506 e. The Morgan fingerprint density at radius 3 is 2.79 bits per heavy atom. The Bertz CT molecular complexity index is 289. The van der Waals surface area contributed by atoms with Gasteiger partial charge >= 0.3 is 0 Å². The second-order valence-corrected chi connectivity index (χ2v) is 2.94. The molecule has 0 unspecified atom stereocenters. The third-order valence-electron chi connectivity index (χ3n) is 1.80. The lowest BCUT2D eigenvalue weighted by Gasteiger charge is -2.05. The maximum absolute atomic E-state index is 9.30. The molecule has 0 bridgehead atoms. The molecule has 4 heteroatoms. The highest BCUT2D eigenvalue weighted by atomic mass is 16.5. The van der Waals surface area contributed by atoms with Gasteiger partial charge in [-0.1, -0.05) is 6.07 Å². The third-order valence-corrected chi connectivity index (χ3v) is 1.80. The van der Waals surface area contributed by atoms with Crippen molar-refractivity contribution < 1.29 is 14.6 Å². The average molecular weight is 197 g/mol. The van der Waals surface area contributed by atoms with Crippen LogP contribution in [-0.4, -0.2) is 25.4 Å². The van der Waals surface area contributed by atoms with Gasteiger partial charge in [-0.05, 0) is 17.7 Å². The predicted octanol–water partition coefficient (Wildman–Crippen LogP) is 1.14. The van der Waals surface area contributed by atoms with Crippen LogP contribution in [-0.2, 0) is 16.1 Å². The van der Waals surface area contributed by atoms with Gasteiger partial charge in [0.05, 0.1) is 25.5 Å². The van der Waals surface area contributed by atoms with Crippen LogP contribution in [0.25, 0.3) is 0 Å². The van der Waals surface area contributed by atoms with E-state index in [9.17, 15) is 5.11 Å². The van der Waals surface area contributed by atoms with Crippen molar-refractivity contribution >= 4 is 5.69 Å². The Morgan fingerprint density at radius 1 is 1.36 bits per heavy atom. The first-order chi connectivity index (χ1) is 6.74. The summed E-state index contributed by atoms with van der Waals surface area (Å²) in [4.78, 5) is 0. The second-order valence-electron chi connectivity index (χ2n) is 2.94. The summed E-state index contributed by atoms with van der Waals surface area (Å²) in [6, 6.07) is 5.08. The molecule has 0 saturated carbocycles. The summed E-state index contributed by atoms with van der Waals surface area (Å²) in [5.74, 6) is 0.0952. The van der Waals surface area contributed by atoms with Crippen LogP contribution in [0, 0.1) is 0 Å². The number of nitrogens with two attached hydrogens (primary N) is 1. The highest BCUT2D eigenvalue weighted by molar-refractivity contribution is 5.52. The topological polar surface area (TPSA) is 64.7 Å². The van der Waals surface area contributed by atoms with E-state index in [-0.39, 0.29) is 5.75 Å². The van der Waals surface area contributed by atoms with Crippen LogP contribution in [0.1, 0.15) is 5.56 Å². The number of nitrogen functional groups attached to an aromatic ring is 1. The van der Waals surface area contributed by atoms with Crippen molar-refractivity contribution in [1.82, 2.24) is 0 Å². The number of phenolic OH excluding ortho intramolecular Hbond substituents is 1. The standard InChI is InChI=1S/C10H15NO3/c1-13-4-5-14-7-8-2-3-9(11)10(12)6-8/h2-3,6,12H,4-5,7,11H2,1H3. The van der Waals surface area contributed by atoms with Gasteiger partial charge in [0, 0.05) is 7.11 Å². The predicted molar refractivity (Wildman–Crippen MR) is 54.1 cm³/mol. The fraction of sp³-hybridized carbons (Fsp3) is 0.400. The van der Waals surface area contributed by atoms with Crippen LogP contribution in [0.2, 0.25) is 0 Å². The Hall–Kier alpha value is -1.26. The zero-order chi connectivity index (χ0) is 10.4. The lowest BCUT2D eigenvalue weighted by molar-refractivity contribution is 0.0616. The van der Waals surface area contributed by atoms with Crippen LogP contribution in [0.4, 0.5) is 5.69 Å². The fourth-order valence-corrected chi connectivity index (χ4v) is 1.01. The molecule has 0 fully saturated rings. The molecule has 14 heavy (non-hydrogen) atoms. The molecule has 3 N–H and O–H groups in total. The quantitative estimate of drug-likeness (QED) is 0.422. The summed E-state index contributed by atoms with van der Waals surface area (Å²) >= 11 is 0.